The van der Waals surface area contributed by atoms with Crippen LogP contribution in [0.1, 0.15) is 36.0 Å². The van der Waals surface area contributed by atoms with Crippen molar-refractivity contribution >= 4 is 22.6 Å². The molecule has 166 valence electrons. The molecule has 3 aromatic carbocycles. The van der Waals surface area contributed by atoms with Crippen LogP contribution in [0.15, 0.2) is 66.7 Å². The Kier molecular flexibility index (Phi) is 7.51. The van der Waals surface area contributed by atoms with Crippen molar-refractivity contribution in [2.24, 2.45) is 0 Å². The van der Waals surface area contributed by atoms with Gasteiger partial charge in [-0.1, -0.05) is 73.2 Å². The molecule has 1 fully saturated rings. The standard InChI is InChI=1S/C27H31N3O2/c31-26(17-24-9-6-8-23-7-2-3-10-25(23)24)29-19-27(32)28-18-21-11-13-22(14-12-21)20-30-15-4-1-5-16-30/h2-3,6-14H,1,4-5,15-20H2,(H,28,32)(H,29,31). The van der Waals surface area contributed by atoms with E-state index in [0.29, 0.717) is 6.54 Å². The number of nitrogens with one attached hydrogen (secondary N) is 2. The molecular weight excluding hydrogens is 398 g/mol. The normalized spacial score (nSPS) is 14.2. The Morgan fingerprint density at radius 3 is 2.28 bits per heavy atom. The average Bonchev–Trinajstić information content (AvgIpc) is 2.83. The van der Waals surface area contributed by atoms with Crippen molar-refractivity contribution in [2.45, 2.75) is 38.8 Å². The van der Waals surface area contributed by atoms with E-state index in [1.165, 1.54) is 37.9 Å². The molecule has 0 unspecified atom stereocenters. The minimum Gasteiger partial charge on any atom is -0.350 e. The third-order valence-corrected chi connectivity index (χ3v) is 6.04. The van der Waals surface area contributed by atoms with Crippen LogP contribution < -0.4 is 10.6 Å². The first kappa shape index (κ1) is 22.0. The number of benzene rings is 3. The summed E-state index contributed by atoms with van der Waals surface area (Å²) in [7, 11) is 0. The predicted octanol–water partition coefficient (Wildman–Crippen LogP) is 3.80. The van der Waals surface area contributed by atoms with Gasteiger partial charge in [0.2, 0.25) is 11.8 Å². The molecule has 2 N–H and O–H groups in total. The van der Waals surface area contributed by atoms with E-state index >= 15 is 0 Å². The minimum absolute atomic E-state index is 0.0172. The smallest absolute Gasteiger partial charge is 0.239 e. The lowest BCUT2D eigenvalue weighted by Gasteiger charge is -2.26. The molecule has 0 radical (unpaired) electrons. The highest BCUT2D eigenvalue weighted by atomic mass is 16.2. The Morgan fingerprint density at radius 1 is 0.750 bits per heavy atom. The Labute approximate surface area is 189 Å². The molecule has 5 nitrogen and oxygen atoms in total. The highest BCUT2D eigenvalue weighted by Crippen LogP contribution is 2.19. The first-order chi connectivity index (χ1) is 15.7. The van der Waals surface area contributed by atoms with Gasteiger partial charge in [-0.15, -0.1) is 0 Å². The van der Waals surface area contributed by atoms with Gasteiger partial charge in [0.1, 0.15) is 0 Å². The third-order valence-electron chi connectivity index (χ3n) is 6.04. The van der Waals surface area contributed by atoms with Crippen LogP contribution in [-0.2, 0) is 29.1 Å². The fourth-order valence-electron chi connectivity index (χ4n) is 4.26. The monoisotopic (exact) mass is 429 g/mol. The number of amides is 2. The molecule has 5 heteroatoms. The van der Waals surface area contributed by atoms with Gasteiger partial charge in [-0.2, -0.15) is 0 Å². The molecule has 2 amide bonds. The van der Waals surface area contributed by atoms with E-state index in [2.05, 4.69) is 39.8 Å². The van der Waals surface area contributed by atoms with Crippen LogP contribution in [0.25, 0.3) is 10.8 Å². The highest BCUT2D eigenvalue weighted by molar-refractivity contribution is 5.91. The van der Waals surface area contributed by atoms with Gasteiger partial charge in [-0.3, -0.25) is 14.5 Å². The molecule has 0 spiro atoms. The van der Waals surface area contributed by atoms with Crippen LogP contribution in [0.4, 0.5) is 0 Å². The van der Waals surface area contributed by atoms with Gasteiger partial charge >= 0.3 is 0 Å². The SMILES string of the molecule is O=C(CNC(=O)Cc1cccc2ccccc12)NCc1ccc(CN2CCCCC2)cc1. The van der Waals surface area contributed by atoms with E-state index in [0.717, 1.165) is 28.4 Å². The summed E-state index contributed by atoms with van der Waals surface area (Å²) in [6, 6.07) is 22.4. The van der Waals surface area contributed by atoms with Gasteiger partial charge in [0.25, 0.3) is 0 Å². The summed E-state index contributed by atoms with van der Waals surface area (Å²) in [4.78, 5) is 27.0. The van der Waals surface area contributed by atoms with Gasteiger partial charge in [0.05, 0.1) is 13.0 Å². The van der Waals surface area contributed by atoms with Crippen molar-refractivity contribution < 1.29 is 9.59 Å². The van der Waals surface area contributed by atoms with Crippen molar-refractivity contribution in [3.05, 3.63) is 83.4 Å². The maximum absolute atomic E-state index is 12.3. The molecule has 1 aliphatic heterocycles. The molecule has 0 aromatic heterocycles. The van der Waals surface area contributed by atoms with Crippen LogP contribution in [0.5, 0.6) is 0 Å². The molecule has 32 heavy (non-hydrogen) atoms. The maximum Gasteiger partial charge on any atom is 0.239 e. The van der Waals surface area contributed by atoms with Crippen molar-refractivity contribution in [3.63, 3.8) is 0 Å². The summed E-state index contributed by atoms with van der Waals surface area (Å²) < 4.78 is 0. The second-order valence-corrected chi connectivity index (χ2v) is 8.52. The molecule has 4 rings (SSSR count). The number of rotatable bonds is 8. The second-order valence-electron chi connectivity index (χ2n) is 8.52. The predicted molar refractivity (Wildman–Crippen MR) is 128 cm³/mol. The number of carbonyl (C=O) groups excluding carboxylic acids is 2. The van der Waals surface area contributed by atoms with E-state index in [1.807, 2.05) is 42.5 Å². The van der Waals surface area contributed by atoms with E-state index in [4.69, 9.17) is 0 Å². The summed E-state index contributed by atoms with van der Waals surface area (Å²) in [6.45, 7) is 3.81. The molecule has 1 aliphatic rings. The zero-order chi connectivity index (χ0) is 22.2. The van der Waals surface area contributed by atoms with Crippen molar-refractivity contribution in [1.82, 2.24) is 15.5 Å². The molecule has 0 atom stereocenters. The van der Waals surface area contributed by atoms with Crippen LogP contribution >= 0.6 is 0 Å². The molecule has 1 saturated heterocycles. The zero-order valence-corrected chi connectivity index (χ0v) is 18.5. The van der Waals surface area contributed by atoms with Crippen molar-refractivity contribution in [3.8, 4) is 0 Å². The molecule has 0 saturated carbocycles. The number of fused-ring (bicyclic) bond motifs is 1. The first-order valence-electron chi connectivity index (χ1n) is 11.5. The highest BCUT2D eigenvalue weighted by Gasteiger charge is 2.11. The van der Waals surface area contributed by atoms with Gasteiger partial charge < -0.3 is 10.6 Å². The molecule has 3 aromatic rings. The molecule has 0 bridgehead atoms. The third kappa shape index (κ3) is 6.17. The fraction of sp³-hybridized carbons (Fsp3) is 0.333. The van der Waals surface area contributed by atoms with Crippen LogP contribution in [0.2, 0.25) is 0 Å². The topological polar surface area (TPSA) is 61.4 Å². The fourth-order valence-corrected chi connectivity index (χ4v) is 4.26. The molecule has 1 heterocycles. The Bertz CT molecular complexity index is 1050. The Morgan fingerprint density at radius 2 is 1.47 bits per heavy atom. The van der Waals surface area contributed by atoms with Gasteiger partial charge in [-0.25, -0.2) is 0 Å². The number of nitrogens with zero attached hydrogens (tertiary/aromatic N) is 1. The lowest BCUT2D eigenvalue weighted by Crippen LogP contribution is -2.37. The van der Waals surface area contributed by atoms with E-state index in [-0.39, 0.29) is 24.8 Å². The largest absolute Gasteiger partial charge is 0.350 e. The van der Waals surface area contributed by atoms with Crippen molar-refractivity contribution in [1.29, 1.82) is 0 Å². The first-order valence-corrected chi connectivity index (χ1v) is 11.5. The van der Waals surface area contributed by atoms with Crippen LogP contribution in [-0.4, -0.2) is 36.3 Å². The number of piperidine rings is 1. The molecule has 0 aliphatic carbocycles. The number of hydrogen-bond donors (Lipinski definition) is 2. The lowest BCUT2D eigenvalue weighted by atomic mass is 10.0. The van der Waals surface area contributed by atoms with Gasteiger partial charge in [0.15, 0.2) is 0 Å². The maximum atomic E-state index is 12.3. The molecular formula is C27H31N3O2. The minimum atomic E-state index is -0.186. The quantitative estimate of drug-likeness (QED) is 0.573. The Hall–Kier alpha value is -3.18. The second kappa shape index (κ2) is 10.9. The van der Waals surface area contributed by atoms with Crippen LogP contribution in [0.3, 0.4) is 0 Å². The number of hydrogen-bond acceptors (Lipinski definition) is 3. The number of carbonyl (C=O) groups is 2. The average molecular weight is 430 g/mol. The summed E-state index contributed by atoms with van der Waals surface area (Å²) in [5.74, 6) is -0.341. The number of likely N-dealkylation sites (tertiary alicyclic amines) is 1. The summed E-state index contributed by atoms with van der Waals surface area (Å²) in [5.41, 5.74) is 3.33. The van der Waals surface area contributed by atoms with E-state index in [9.17, 15) is 9.59 Å². The van der Waals surface area contributed by atoms with E-state index in [1.54, 1.807) is 0 Å². The summed E-state index contributed by atoms with van der Waals surface area (Å²) >= 11 is 0. The van der Waals surface area contributed by atoms with Crippen LogP contribution in [0, 0.1) is 0 Å². The zero-order valence-electron chi connectivity index (χ0n) is 18.5. The van der Waals surface area contributed by atoms with E-state index < -0.39 is 0 Å². The summed E-state index contributed by atoms with van der Waals surface area (Å²) in [6.07, 6.45) is 4.19. The van der Waals surface area contributed by atoms with Crippen molar-refractivity contribution in [2.75, 3.05) is 19.6 Å². The summed E-state index contributed by atoms with van der Waals surface area (Å²) in [5, 5.41) is 7.79. The van der Waals surface area contributed by atoms with Gasteiger partial charge in [-0.05, 0) is 53.4 Å². The lowest BCUT2D eigenvalue weighted by molar-refractivity contribution is -0.125. The van der Waals surface area contributed by atoms with Gasteiger partial charge in [0, 0.05) is 13.1 Å². The Balaban J connectivity index is 1.19.